The standard InChI is InChI=1S/C24H16I2N2O5S/c25-18-10-17(22(19(26)12-18)33-14-15-6-2-1-3-7-15)11-21-23(29)27(24(30)34-21)13-16-8-4-5-9-20(16)28(31)32/h1-12H,13-14H2/b21-11-. The van der Waals surface area contributed by atoms with Gasteiger partial charge in [-0.3, -0.25) is 24.6 Å². The van der Waals surface area contributed by atoms with E-state index in [0.717, 1.165) is 29.4 Å². The topological polar surface area (TPSA) is 89.8 Å². The smallest absolute Gasteiger partial charge is 0.293 e. The van der Waals surface area contributed by atoms with Crippen LogP contribution in [0.15, 0.2) is 71.6 Å². The molecule has 4 rings (SSSR count). The summed E-state index contributed by atoms with van der Waals surface area (Å²) in [6.45, 7) is 0.192. The molecule has 0 N–H and O–H groups in total. The second kappa shape index (κ2) is 10.9. The Morgan fingerprint density at radius 1 is 1.03 bits per heavy atom. The summed E-state index contributed by atoms with van der Waals surface area (Å²) in [5.74, 6) is 0.131. The Morgan fingerprint density at radius 3 is 2.47 bits per heavy atom. The molecule has 0 saturated carbocycles. The Morgan fingerprint density at radius 2 is 1.74 bits per heavy atom. The molecule has 0 atom stereocenters. The van der Waals surface area contributed by atoms with Gasteiger partial charge in [-0.1, -0.05) is 48.5 Å². The van der Waals surface area contributed by atoms with Crippen LogP contribution in [0.3, 0.4) is 0 Å². The first-order chi connectivity index (χ1) is 16.3. The van der Waals surface area contributed by atoms with E-state index < -0.39 is 16.1 Å². The van der Waals surface area contributed by atoms with Gasteiger partial charge in [-0.25, -0.2) is 0 Å². The summed E-state index contributed by atoms with van der Waals surface area (Å²) in [6.07, 6.45) is 1.65. The van der Waals surface area contributed by atoms with Gasteiger partial charge in [-0.05, 0) is 80.7 Å². The molecule has 0 unspecified atom stereocenters. The Bertz CT molecular complexity index is 1310. The SMILES string of the molecule is O=C1S/C(=C\c2cc(I)cc(I)c2OCc2ccccc2)C(=O)N1Cc1ccccc1[N+](=O)[O-]. The van der Waals surface area contributed by atoms with Crippen molar-refractivity contribution in [3.05, 3.63) is 106 Å². The Hall–Kier alpha value is -2.45. The molecule has 1 fully saturated rings. The van der Waals surface area contributed by atoms with E-state index in [4.69, 9.17) is 4.74 Å². The van der Waals surface area contributed by atoms with Gasteiger partial charge >= 0.3 is 0 Å². The van der Waals surface area contributed by atoms with Crippen molar-refractivity contribution >= 4 is 79.9 Å². The van der Waals surface area contributed by atoms with Crippen molar-refractivity contribution in [1.82, 2.24) is 4.90 Å². The van der Waals surface area contributed by atoms with Crippen molar-refractivity contribution in [2.45, 2.75) is 13.2 Å². The maximum atomic E-state index is 13.1. The van der Waals surface area contributed by atoms with E-state index in [2.05, 4.69) is 45.2 Å². The third-order valence-corrected chi connectivity index (χ3v) is 7.27. The molecule has 0 aliphatic carbocycles. The lowest BCUT2D eigenvalue weighted by molar-refractivity contribution is -0.385. The van der Waals surface area contributed by atoms with Crippen LogP contribution in [-0.4, -0.2) is 21.0 Å². The highest BCUT2D eigenvalue weighted by atomic mass is 127. The molecule has 10 heteroatoms. The van der Waals surface area contributed by atoms with Gasteiger partial charge in [-0.15, -0.1) is 0 Å². The van der Waals surface area contributed by atoms with Crippen LogP contribution in [0, 0.1) is 17.3 Å². The van der Waals surface area contributed by atoms with Crippen LogP contribution in [0.5, 0.6) is 5.75 Å². The van der Waals surface area contributed by atoms with Gasteiger partial charge in [0.15, 0.2) is 0 Å². The average Bonchev–Trinajstić information content (AvgIpc) is 3.06. The molecule has 3 aromatic rings. The van der Waals surface area contributed by atoms with Crippen LogP contribution in [0.1, 0.15) is 16.7 Å². The molecule has 3 aromatic carbocycles. The number of carbonyl (C=O) groups excluding carboxylic acids is 2. The molecule has 0 aromatic heterocycles. The van der Waals surface area contributed by atoms with E-state index in [0.29, 0.717) is 23.5 Å². The number of hydrogen-bond acceptors (Lipinski definition) is 6. The number of thioether (sulfide) groups is 1. The summed E-state index contributed by atoms with van der Waals surface area (Å²) >= 11 is 5.19. The van der Waals surface area contributed by atoms with Gasteiger partial charge < -0.3 is 4.74 Å². The first-order valence-corrected chi connectivity index (χ1v) is 12.9. The molecule has 0 radical (unpaired) electrons. The second-order valence-corrected chi connectivity index (χ2v) is 10.6. The molecular formula is C24H16I2N2O5S. The van der Waals surface area contributed by atoms with Crippen molar-refractivity contribution in [3.8, 4) is 5.75 Å². The van der Waals surface area contributed by atoms with Crippen LogP contribution < -0.4 is 4.74 Å². The molecule has 0 spiro atoms. The summed E-state index contributed by atoms with van der Waals surface area (Å²) < 4.78 is 7.93. The molecule has 1 saturated heterocycles. The number of nitrogens with zero attached hydrogens (tertiary/aromatic N) is 2. The van der Waals surface area contributed by atoms with Crippen molar-refractivity contribution in [3.63, 3.8) is 0 Å². The molecule has 1 aliphatic heterocycles. The summed E-state index contributed by atoms with van der Waals surface area (Å²) in [5.41, 5.74) is 1.86. The zero-order valence-corrected chi connectivity index (χ0v) is 22.6. The van der Waals surface area contributed by atoms with Gasteiger partial charge in [0, 0.05) is 20.8 Å². The first kappa shape index (κ1) is 24.7. The third-order valence-electron chi connectivity index (χ3n) is 4.94. The minimum Gasteiger partial charge on any atom is -0.487 e. The minimum absolute atomic E-state index is 0.130. The van der Waals surface area contributed by atoms with Gasteiger partial charge in [0.1, 0.15) is 12.4 Å². The predicted octanol–water partition coefficient (Wildman–Crippen LogP) is 6.62. The predicted molar refractivity (Wildman–Crippen MR) is 147 cm³/mol. The quantitative estimate of drug-likeness (QED) is 0.119. The highest BCUT2D eigenvalue weighted by Gasteiger charge is 2.36. The highest BCUT2D eigenvalue weighted by Crippen LogP contribution is 2.37. The zero-order valence-electron chi connectivity index (χ0n) is 17.4. The van der Waals surface area contributed by atoms with Gasteiger partial charge in [-0.2, -0.15) is 0 Å². The fraction of sp³-hybridized carbons (Fsp3) is 0.0833. The van der Waals surface area contributed by atoms with Crippen molar-refractivity contribution < 1.29 is 19.2 Å². The highest BCUT2D eigenvalue weighted by molar-refractivity contribution is 14.1. The lowest BCUT2D eigenvalue weighted by atomic mass is 10.1. The van der Waals surface area contributed by atoms with E-state index >= 15 is 0 Å². The number of halogens is 2. The van der Waals surface area contributed by atoms with Crippen LogP contribution in [0.2, 0.25) is 0 Å². The number of para-hydroxylation sites is 1. The number of ether oxygens (including phenoxy) is 1. The lowest BCUT2D eigenvalue weighted by Crippen LogP contribution is -2.27. The summed E-state index contributed by atoms with van der Waals surface area (Å²) in [5, 5.41) is 10.8. The Kier molecular flexibility index (Phi) is 7.88. The van der Waals surface area contributed by atoms with E-state index in [1.54, 1.807) is 24.3 Å². The van der Waals surface area contributed by atoms with Crippen LogP contribution in [-0.2, 0) is 17.9 Å². The van der Waals surface area contributed by atoms with E-state index in [9.17, 15) is 19.7 Å². The monoisotopic (exact) mass is 698 g/mol. The molecular weight excluding hydrogens is 682 g/mol. The number of nitro groups is 1. The number of imide groups is 1. The number of benzene rings is 3. The minimum atomic E-state index is -0.519. The molecule has 7 nitrogen and oxygen atoms in total. The molecule has 172 valence electrons. The largest absolute Gasteiger partial charge is 0.487 e. The molecule has 1 aliphatic rings. The average molecular weight is 698 g/mol. The van der Waals surface area contributed by atoms with Crippen LogP contribution in [0.4, 0.5) is 10.5 Å². The Balaban J connectivity index is 1.61. The summed E-state index contributed by atoms with van der Waals surface area (Å²) in [7, 11) is 0. The van der Waals surface area contributed by atoms with Crippen LogP contribution in [0.25, 0.3) is 6.08 Å². The number of carbonyl (C=O) groups is 2. The van der Waals surface area contributed by atoms with Crippen molar-refractivity contribution in [2.75, 3.05) is 0 Å². The van der Waals surface area contributed by atoms with Gasteiger partial charge in [0.2, 0.25) is 0 Å². The maximum Gasteiger partial charge on any atom is 0.293 e. The maximum absolute atomic E-state index is 13.1. The number of rotatable bonds is 7. The van der Waals surface area contributed by atoms with Gasteiger partial charge in [0.05, 0.1) is 19.9 Å². The molecule has 1 heterocycles. The number of hydrogen-bond donors (Lipinski definition) is 0. The van der Waals surface area contributed by atoms with Crippen molar-refractivity contribution in [1.29, 1.82) is 0 Å². The molecule has 34 heavy (non-hydrogen) atoms. The first-order valence-electron chi connectivity index (χ1n) is 9.97. The lowest BCUT2D eigenvalue weighted by Gasteiger charge is -2.13. The third kappa shape index (κ3) is 5.61. The number of nitro benzene ring substituents is 1. The fourth-order valence-corrected chi connectivity index (χ4v) is 6.21. The zero-order chi connectivity index (χ0) is 24.2. The number of amides is 2. The Labute approximate surface area is 227 Å². The van der Waals surface area contributed by atoms with E-state index in [-0.39, 0.29) is 17.1 Å². The normalized spacial score (nSPS) is 14.6. The summed E-state index contributed by atoms with van der Waals surface area (Å²) in [4.78, 5) is 37.8. The second-order valence-electron chi connectivity index (χ2n) is 7.23. The fourth-order valence-electron chi connectivity index (χ4n) is 3.34. The van der Waals surface area contributed by atoms with E-state index in [1.165, 1.54) is 6.07 Å². The molecule has 0 bridgehead atoms. The van der Waals surface area contributed by atoms with E-state index in [1.807, 2.05) is 42.5 Å². The van der Waals surface area contributed by atoms with Crippen molar-refractivity contribution in [2.24, 2.45) is 0 Å². The van der Waals surface area contributed by atoms with Gasteiger partial charge in [0.25, 0.3) is 16.8 Å². The van der Waals surface area contributed by atoms with Crippen LogP contribution >= 0.6 is 56.9 Å². The molecule has 2 amide bonds. The summed E-state index contributed by atoms with van der Waals surface area (Å²) in [6, 6.07) is 19.7.